The summed E-state index contributed by atoms with van der Waals surface area (Å²) < 4.78 is 24.8. The number of hydrogen-bond acceptors (Lipinski definition) is 3. The summed E-state index contributed by atoms with van der Waals surface area (Å²) >= 11 is 5.32. The van der Waals surface area contributed by atoms with Gasteiger partial charge in [0.15, 0.2) is 0 Å². The minimum atomic E-state index is -3.33. The summed E-state index contributed by atoms with van der Waals surface area (Å²) in [5, 5.41) is 6.22. The van der Waals surface area contributed by atoms with Gasteiger partial charge in [-0.1, -0.05) is 0 Å². The molecule has 74 valence electrons. The number of anilines is 1. The molecule has 0 aliphatic rings. The average molecular weight is 224 g/mol. The molecule has 0 aliphatic carbocycles. The maximum Gasteiger partial charge on any atom is 0.235 e. The van der Waals surface area contributed by atoms with Crippen LogP contribution in [0.3, 0.4) is 0 Å². The standard InChI is InChI=1S/C6H10ClN3O2S/c1-5-4-8-9-6(5)10-13(11,12)3-2-7/h4H,2-3H2,1H3,(H2,8,9,10). The Balaban J connectivity index is 2.75. The van der Waals surface area contributed by atoms with Gasteiger partial charge in [0.1, 0.15) is 5.82 Å². The second-order valence-electron chi connectivity index (χ2n) is 2.54. The van der Waals surface area contributed by atoms with Crippen molar-refractivity contribution in [3.8, 4) is 0 Å². The zero-order chi connectivity index (χ0) is 9.90. The van der Waals surface area contributed by atoms with Gasteiger partial charge in [0.2, 0.25) is 10.0 Å². The van der Waals surface area contributed by atoms with Crippen LogP contribution in [0.1, 0.15) is 5.56 Å². The van der Waals surface area contributed by atoms with Crippen molar-refractivity contribution in [3.05, 3.63) is 11.8 Å². The molecule has 7 heteroatoms. The van der Waals surface area contributed by atoms with Crippen LogP contribution in [0, 0.1) is 6.92 Å². The van der Waals surface area contributed by atoms with Gasteiger partial charge in [-0.2, -0.15) is 5.10 Å². The molecule has 0 atom stereocenters. The number of nitrogens with zero attached hydrogens (tertiary/aromatic N) is 1. The molecule has 13 heavy (non-hydrogen) atoms. The lowest BCUT2D eigenvalue weighted by atomic mass is 10.4. The minimum absolute atomic E-state index is 0.0719. The van der Waals surface area contributed by atoms with Crippen molar-refractivity contribution in [3.63, 3.8) is 0 Å². The fraction of sp³-hybridized carbons (Fsp3) is 0.500. The molecule has 1 aromatic heterocycles. The van der Waals surface area contributed by atoms with E-state index in [1.807, 2.05) is 0 Å². The zero-order valence-electron chi connectivity index (χ0n) is 7.04. The molecule has 0 aromatic carbocycles. The lowest BCUT2D eigenvalue weighted by Crippen LogP contribution is -2.18. The number of aryl methyl sites for hydroxylation is 1. The Bertz CT molecular complexity index is 373. The van der Waals surface area contributed by atoms with Crippen LogP contribution >= 0.6 is 11.6 Å². The number of aromatic amines is 1. The zero-order valence-corrected chi connectivity index (χ0v) is 8.61. The van der Waals surface area contributed by atoms with Crippen LogP contribution in [0.5, 0.6) is 0 Å². The maximum absolute atomic E-state index is 11.2. The lowest BCUT2D eigenvalue weighted by molar-refractivity contribution is 0.602. The first-order valence-electron chi connectivity index (χ1n) is 3.61. The van der Waals surface area contributed by atoms with Gasteiger partial charge in [0.05, 0.1) is 11.9 Å². The summed E-state index contributed by atoms with van der Waals surface area (Å²) in [6.45, 7) is 1.75. The first-order valence-corrected chi connectivity index (χ1v) is 5.80. The van der Waals surface area contributed by atoms with Crippen molar-refractivity contribution in [2.75, 3.05) is 16.4 Å². The van der Waals surface area contributed by atoms with E-state index in [9.17, 15) is 8.42 Å². The summed E-state index contributed by atoms with van der Waals surface area (Å²) in [5.41, 5.74) is 0.748. The van der Waals surface area contributed by atoms with Gasteiger partial charge in [-0.15, -0.1) is 11.6 Å². The molecule has 0 radical (unpaired) electrons. The molecule has 1 aromatic rings. The Labute approximate surface area is 81.5 Å². The number of aromatic nitrogens is 2. The van der Waals surface area contributed by atoms with Crippen LogP contribution in [-0.4, -0.2) is 30.2 Å². The summed E-state index contributed by atoms with van der Waals surface area (Å²) in [5.74, 6) is 0.361. The molecular formula is C6H10ClN3O2S. The first-order chi connectivity index (χ1) is 6.05. The van der Waals surface area contributed by atoms with Gasteiger partial charge in [0, 0.05) is 11.4 Å². The van der Waals surface area contributed by atoms with Crippen LogP contribution in [0.15, 0.2) is 6.20 Å². The Morgan fingerprint density at radius 2 is 2.38 bits per heavy atom. The molecular weight excluding hydrogens is 214 g/mol. The predicted molar refractivity (Wildman–Crippen MR) is 51.5 cm³/mol. The second kappa shape index (κ2) is 3.97. The average Bonchev–Trinajstić information content (AvgIpc) is 2.35. The van der Waals surface area contributed by atoms with E-state index in [-0.39, 0.29) is 11.6 Å². The Hall–Kier alpha value is -0.750. The smallest absolute Gasteiger partial charge is 0.235 e. The third kappa shape index (κ3) is 2.89. The molecule has 0 saturated carbocycles. The van der Waals surface area contributed by atoms with Crippen molar-refractivity contribution in [2.24, 2.45) is 0 Å². The highest BCUT2D eigenvalue weighted by Crippen LogP contribution is 2.10. The van der Waals surface area contributed by atoms with Crippen LogP contribution in [-0.2, 0) is 10.0 Å². The van der Waals surface area contributed by atoms with Crippen LogP contribution in [0.4, 0.5) is 5.82 Å². The van der Waals surface area contributed by atoms with Crippen LogP contribution < -0.4 is 4.72 Å². The third-order valence-electron chi connectivity index (χ3n) is 1.43. The lowest BCUT2D eigenvalue weighted by Gasteiger charge is -2.03. The number of halogens is 1. The highest BCUT2D eigenvalue weighted by molar-refractivity contribution is 7.92. The fourth-order valence-corrected chi connectivity index (χ4v) is 2.19. The van der Waals surface area contributed by atoms with Gasteiger partial charge in [0.25, 0.3) is 0 Å². The fourth-order valence-electron chi connectivity index (χ4n) is 0.758. The van der Waals surface area contributed by atoms with E-state index in [1.54, 1.807) is 13.1 Å². The molecule has 0 bridgehead atoms. The molecule has 5 nitrogen and oxygen atoms in total. The van der Waals surface area contributed by atoms with Crippen LogP contribution in [0.2, 0.25) is 0 Å². The largest absolute Gasteiger partial charge is 0.267 e. The van der Waals surface area contributed by atoms with Gasteiger partial charge in [-0.05, 0) is 6.92 Å². The Morgan fingerprint density at radius 1 is 1.69 bits per heavy atom. The summed E-state index contributed by atoms with van der Waals surface area (Å²) in [6, 6.07) is 0. The Morgan fingerprint density at radius 3 is 2.85 bits per heavy atom. The van der Waals surface area contributed by atoms with Crippen molar-refractivity contribution < 1.29 is 8.42 Å². The second-order valence-corrected chi connectivity index (χ2v) is 4.76. The molecule has 0 aliphatic heterocycles. The third-order valence-corrected chi connectivity index (χ3v) is 3.10. The van der Waals surface area contributed by atoms with Crippen molar-refractivity contribution in [1.82, 2.24) is 10.2 Å². The van der Waals surface area contributed by atoms with Crippen molar-refractivity contribution >= 4 is 27.4 Å². The van der Waals surface area contributed by atoms with Gasteiger partial charge < -0.3 is 0 Å². The van der Waals surface area contributed by atoms with E-state index in [1.165, 1.54) is 0 Å². The van der Waals surface area contributed by atoms with E-state index >= 15 is 0 Å². The molecule has 0 unspecified atom stereocenters. The monoisotopic (exact) mass is 223 g/mol. The quantitative estimate of drug-likeness (QED) is 0.738. The number of sulfonamides is 1. The summed E-state index contributed by atoms with van der Waals surface area (Å²) in [4.78, 5) is 0. The predicted octanol–water partition coefficient (Wildman–Crippen LogP) is 0.699. The van der Waals surface area contributed by atoms with Crippen molar-refractivity contribution in [1.29, 1.82) is 0 Å². The molecule has 0 amide bonds. The van der Waals surface area contributed by atoms with E-state index in [4.69, 9.17) is 11.6 Å². The van der Waals surface area contributed by atoms with E-state index < -0.39 is 10.0 Å². The number of rotatable bonds is 4. The van der Waals surface area contributed by atoms with E-state index in [0.717, 1.165) is 5.56 Å². The number of hydrogen-bond donors (Lipinski definition) is 2. The number of alkyl halides is 1. The summed E-state index contributed by atoms with van der Waals surface area (Å²) in [6.07, 6.45) is 1.54. The van der Waals surface area contributed by atoms with E-state index in [2.05, 4.69) is 14.9 Å². The maximum atomic E-state index is 11.2. The highest BCUT2D eigenvalue weighted by atomic mass is 35.5. The van der Waals surface area contributed by atoms with Gasteiger partial charge >= 0.3 is 0 Å². The molecule has 0 saturated heterocycles. The molecule has 0 spiro atoms. The summed E-state index contributed by atoms with van der Waals surface area (Å²) in [7, 11) is -3.33. The molecule has 1 rings (SSSR count). The van der Waals surface area contributed by atoms with E-state index in [0.29, 0.717) is 5.82 Å². The molecule has 0 fully saturated rings. The Kier molecular flexibility index (Phi) is 3.16. The molecule has 2 N–H and O–H groups in total. The SMILES string of the molecule is Cc1cn[nH]c1NS(=O)(=O)CCCl. The minimum Gasteiger partial charge on any atom is -0.267 e. The van der Waals surface area contributed by atoms with Crippen molar-refractivity contribution in [2.45, 2.75) is 6.92 Å². The molecule has 1 heterocycles. The van der Waals surface area contributed by atoms with Gasteiger partial charge in [-0.3, -0.25) is 9.82 Å². The first kappa shape index (κ1) is 10.3. The van der Waals surface area contributed by atoms with Gasteiger partial charge in [-0.25, -0.2) is 8.42 Å². The van der Waals surface area contributed by atoms with Crippen LogP contribution in [0.25, 0.3) is 0 Å². The number of nitrogens with one attached hydrogen (secondary N) is 2. The topological polar surface area (TPSA) is 74.8 Å². The number of H-pyrrole nitrogens is 1. The normalized spacial score (nSPS) is 11.5. The highest BCUT2D eigenvalue weighted by Gasteiger charge is 2.11.